The highest BCUT2D eigenvalue weighted by molar-refractivity contribution is 7.91. The van der Waals surface area contributed by atoms with Crippen molar-refractivity contribution in [1.82, 2.24) is 5.32 Å². The summed E-state index contributed by atoms with van der Waals surface area (Å²) in [5, 5.41) is 3.20. The van der Waals surface area contributed by atoms with E-state index < -0.39 is 9.84 Å². The average Bonchev–Trinajstić information content (AvgIpc) is 2.34. The number of hydrogen-bond acceptors (Lipinski definition) is 4. The first-order valence-electron chi connectivity index (χ1n) is 6.06. The molecule has 102 valence electrons. The Morgan fingerprint density at radius 1 is 1.28 bits per heavy atom. The van der Waals surface area contributed by atoms with Gasteiger partial charge in [0.25, 0.3) is 0 Å². The van der Waals surface area contributed by atoms with E-state index in [0.717, 1.165) is 0 Å². The molecule has 0 saturated heterocycles. The first-order valence-corrected chi connectivity index (χ1v) is 7.72. The Morgan fingerprint density at radius 3 is 2.56 bits per heavy atom. The van der Waals surface area contributed by atoms with Gasteiger partial charge in [-0.1, -0.05) is 26.0 Å². The molecule has 0 fully saturated rings. The highest BCUT2D eigenvalue weighted by Gasteiger charge is 2.18. The molecule has 5 heteroatoms. The number of rotatable bonds is 7. The lowest BCUT2D eigenvalue weighted by molar-refractivity contribution is 0.402. The van der Waals surface area contributed by atoms with Gasteiger partial charge in [-0.05, 0) is 25.1 Å². The second kappa shape index (κ2) is 6.75. The monoisotopic (exact) mass is 271 g/mol. The van der Waals surface area contributed by atoms with Crippen molar-refractivity contribution in [2.75, 3.05) is 19.4 Å². The van der Waals surface area contributed by atoms with E-state index in [1.54, 1.807) is 24.3 Å². The van der Waals surface area contributed by atoms with Gasteiger partial charge in [-0.3, -0.25) is 0 Å². The Labute approximate surface area is 109 Å². The molecule has 0 atom stereocenters. The molecule has 1 N–H and O–H groups in total. The van der Waals surface area contributed by atoms with Crippen LogP contribution in [0.3, 0.4) is 0 Å². The van der Waals surface area contributed by atoms with Gasteiger partial charge in [0.1, 0.15) is 10.6 Å². The number of hydrogen-bond donors (Lipinski definition) is 1. The fourth-order valence-electron chi connectivity index (χ4n) is 1.64. The van der Waals surface area contributed by atoms with Crippen LogP contribution in [-0.4, -0.2) is 33.9 Å². The molecule has 0 radical (unpaired) electrons. The largest absolute Gasteiger partial charge is 0.495 e. The Hall–Kier alpha value is -1.07. The summed E-state index contributed by atoms with van der Waals surface area (Å²) in [5.74, 6) is 0.543. The normalized spacial score (nSPS) is 11.8. The Bertz CT molecular complexity index is 469. The molecule has 0 unspecified atom stereocenters. The predicted octanol–water partition coefficient (Wildman–Crippen LogP) is 1.86. The van der Waals surface area contributed by atoms with Crippen molar-refractivity contribution in [2.24, 2.45) is 0 Å². The van der Waals surface area contributed by atoms with Crippen molar-refractivity contribution in [1.29, 1.82) is 0 Å². The average molecular weight is 271 g/mol. The fourth-order valence-corrected chi connectivity index (χ4v) is 3.13. The van der Waals surface area contributed by atoms with Crippen LogP contribution in [0.2, 0.25) is 0 Å². The minimum atomic E-state index is -3.27. The van der Waals surface area contributed by atoms with Crippen molar-refractivity contribution >= 4 is 9.84 Å². The van der Waals surface area contributed by atoms with E-state index >= 15 is 0 Å². The zero-order chi connectivity index (χ0) is 13.6. The summed E-state index contributed by atoms with van der Waals surface area (Å²) in [5.41, 5.74) is 0. The van der Waals surface area contributed by atoms with Gasteiger partial charge in [0.15, 0.2) is 9.84 Å². The van der Waals surface area contributed by atoms with Crippen molar-refractivity contribution in [3.63, 3.8) is 0 Å². The minimum Gasteiger partial charge on any atom is -0.495 e. The molecular weight excluding hydrogens is 250 g/mol. The summed E-state index contributed by atoms with van der Waals surface area (Å²) < 4.78 is 29.4. The number of benzene rings is 1. The fraction of sp³-hybridized carbons (Fsp3) is 0.538. The smallest absolute Gasteiger partial charge is 0.182 e. The van der Waals surface area contributed by atoms with Crippen molar-refractivity contribution in [3.8, 4) is 5.75 Å². The van der Waals surface area contributed by atoms with Crippen LogP contribution in [0.25, 0.3) is 0 Å². The van der Waals surface area contributed by atoms with Crippen LogP contribution in [0.15, 0.2) is 29.2 Å². The lowest BCUT2D eigenvalue weighted by Gasteiger charge is -2.10. The number of ether oxygens (including phenoxy) is 1. The Morgan fingerprint density at radius 2 is 1.94 bits per heavy atom. The molecule has 0 aliphatic carbocycles. The SMILES string of the molecule is COc1ccccc1S(=O)(=O)CCCNC(C)C. The van der Waals surface area contributed by atoms with Crippen LogP contribution in [-0.2, 0) is 9.84 Å². The third-order valence-corrected chi connectivity index (χ3v) is 4.38. The van der Waals surface area contributed by atoms with E-state index in [9.17, 15) is 8.42 Å². The maximum atomic E-state index is 12.1. The summed E-state index contributed by atoms with van der Waals surface area (Å²) >= 11 is 0. The van der Waals surface area contributed by atoms with Gasteiger partial charge in [-0.25, -0.2) is 8.42 Å². The molecule has 4 nitrogen and oxygen atoms in total. The molecule has 1 aromatic rings. The van der Waals surface area contributed by atoms with E-state index in [2.05, 4.69) is 5.32 Å². The first kappa shape index (κ1) is 15.0. The zero-order valence-electron chi connectivity index (χ0n) is 11.1. The van der Waals surface area contributed by atoms with Crippen LogP contribution in [0, 0.1) is 0 Å². The van der Waals surface area contributed by atoms with Crippen molar-refractivity contribution in [2.45, 2.75) is 31.2 Å². The summed E-state index contributed by atoms with van der Waals surface area (Å²) in [4.78, 5) is 0.275. The van der Waals surface area contributed by atoms with Gasteiger partial charge < -0.3 is 10.1 Å². The topological polar surface area (TPSA) is 55.4 Å². The number of para-hydroxylation sites is 1. The highest BCUT2D eigenvalue weighted by Crippen LogP contribution is 2.24. The van der Waals surface area contributed by atoms with Gasteiger partial charge in [0.2, 0.25) is 0 Å². The Kier molecular flexibility index (Phi) is 5.62. The molecule has 0 spiro atoms. The molecule has 0 aliphatic heterocycles. The molecule has 18 heavy (non-hydrogen) atoms. The Balaban J connectivity index is 2.68. The quantitative estimate of drug-likeness (QED) is 0.769. The zero-order valence-corrected chi connectivity index (χ0v) is 12.0. The molecule has 0 amide bonds. The maximum absolute atomic E-state index is 12.1. The van der Waals surface area contributed by atoms with Crippen molar-refractivity contribution in [3.05, 3.63) is 24.3 Å². The lowest BCUT2D eigenvalue weighted by Crippen LogP contribution is -2.25. The molecule has 0 heterocycles. The van der Waals surface area contributed by atoms with E-state index in [1.165, 1.54) is 7.11 Å². The molecular formula is C13H21NO3S. The number of methoxy groups -OCH3 is 1. The third kappa shape index (κ3) is 4.31. The summed E-state index contributed by atoms with van der Waals surface area (Å²) in [7, 11) is -1.79. The van der Waals surface area contributed by atoms with Crippen LogP contribution in [0.1, 0.15) is 20.3 Å². The van der Waals surface area contributed by atoms with Gasteiger partial charge in [-0.15, -0.1) is 0 Å². The predicted molar refractivity (Wildman–Crippen MR) is 72.8 cm³/mol. The van der Waals surface area contributed by atoms with Crippen LogP contribution >= 0.6 is 0 Å². The van der Waals surface area contributed by atoms with Gasteiger partial charge in [0, 0.05) is 6.04 Å². The van der Waals surface area contributed by atoms with E-state index in [0.29, 0.717) is 24.8 Å². The molecule has 0 aliphatic rings. The standard InChI is InChI=1S/C13H21NO3S/c1-11(2)14-9-6-10-18(15,16)13-8-5-4-7-12(13)17-3/h4-5,7-8,11,14H,6,9-10H2,1-3H3. The second-order valence-corrected chi connectivity index (χ2v) is 6.51. The molecule has 1 rings (SSSR count). The van der Waals surface area contributed by atoms with Gasteiger partial charge in [0.05, 0.1) is 12.9 Å². The molecule has 0 saturated carbocycles. The van der Waals surface area contributed by atoms with Gasteiger partial charge in [-0.2, -0.15) is 0 Å². The highest BCUT2D eigenvalue weighted by atomic mass is 32.2. The maximum Gasteiger partial charge on any atom is 0.182 e. The molecule has 0 bridgehead atoms. The first-order chi connectivity index (χ1) is 8.47. The third-order valence-electron chi connectivity index (χ3n) is 2.55. The number of nitrogens with one attached hydrogen (secondary N) is 1. The second-order valence-electron chi connectivity index (χ2n) is 4.43. The van der Waals surface area contributed by atoms with Gasteiger partial charge >= 0.3 is 0 Å². The lowest BCUT2D eigenvalue weighted by atomic mass is 10.3. The number of sulfone groups is 1. The summed E-state index contributed by atoms with van der Waals surface area (Å²) in [6, 6.07) is 7.10. The summed E-state index contributed by atoms with van der Waals surface area (Å²) in [6.45, 7) is 4.77. The van der Waals surface area contributed by atoms with Crippen LogP contribution in [0.4, 0.5) is 0 Å². The van der Waals surface area contributed by atoms with Crippen LogP contribution in [0.5, 0.6) is 5.75 Å². The van der Waals surface area contributed by atoms with Crippen molar-refractivity contribution < 1.29 is 13.2 Å². The molecule has 0 aromatic heterocycles. The summed E-state index contributed by atoms with van der Waals surface area (Å²) in [6.07, 6.45) is 0.596. The van der Waals surface area contributed by atoms with E-state index in [-0.39, 0.29) is 10.6 Å². The minimum absolute atomic E-state index is 0.132. The van der Waals surface area contributed by atoms with E-state index in [4.69, 9.17) is 4.74 Å². The van der Waals surface area contributed by atoms with Crippen LogP contribution < -0.4 is 10.1 Å². The molecule has 1 aromatic carbocycles. The van der Waals surface area contributed by atoms with E-state index in [1.807, 2.05) is 13.8 Å².